The molecule has 4 rings (SSSR count). The second-order valence-electron chi connectivity index (χ2n) is 9.44. The lowest BCUT2D eigenvalue weighted by molar-refractivity contribution is -0.186. The predicted octanol–water partition coefficient (Wildman–Crippen LogP) is 4.06. The summed E-state index contributed by atoms with van der Waals surface area (Å²) >= 11 is 0. The zero-order valence-electron chi connectivity index (χ0n) is 14.8. The molecule has 3 nitrogen and oxygen atoms in total. The Hall–Kier alpha value is -1.12. The molecule has 126 valence electrons. The highest BCUT2D eigenvalue weighted by atomic mass is 16.5. The van der Waals surface area contributed by atoms with Crippen molar-refractivity contribution in [1.29, 1.82) is 0 Å². The summed E-state index contributed by atoms with van der Waals surface area (Å²) in [4.78, 5) is 25.1. The van der Waals surface area contributed by atoms with Crippen LogP contribution in [0.4, 0.5) is 0 Å². The van der Waals surface area contributed by atoms with Crippen molar-refractivity contribution < 1.29 is 14.3 Å². The zero-order chi connectivity index (χ0) is 16.6. The van der Waals surface area contributed by atoms with Gasteiger partial charge in [-0.1, -0.05) is 27.2 Å². The normalized spacial score (nSPS) is 48.0. The molecule has 23 heavy (non-hydrogen) atoms. The first-order valence-electron chi connectivity index (χ1n) is 9.14. The Balaban J connectivity index is 1.80. The van der Waals surface area contributed by atoms with Crippen molar-refractivity contribution in [3.63, 3.8) is 0 Å². The third-order valence-electron chi connectivity index (χ3n) is 7.93. The molecule has 1 aliphatic heterocycles. The van der Waals surface area contributed by atoms with Crippen LogP contribution in [-0.4, -0.2) is 17.9 Å². The number of Topliss-reactive ketones (excluding diaryl/α,β-unsaturated/α-hetero) is 1. The van der Waals surface area contributed by atoms with E-state index in [-0.39, 0.29) is 22.9 Å². The number of carbonyl (C=O) groups excluding carboxylic acids is 2. The Morgan fingerprint density at radius 2 is 1.83 bits per heavy atom. The highest BCUT2D eigenvalue weighted by molar-refractivity contribution is 5.92. The zero-order valence-corrected chi connectivity index (χ0v) is 14.8. The second kappa shape index (κ2) is 4.49. The Labute approximate surface area is 138 Å². The molecule has 0 bridgehead atoms. The van der Waals surface area contributed by atoms with Gasteiger partial charge in [-0.05, 0) is 60.8 Å². The van der Waals surface area contributed by atoms with Gasteiger partial charge >= 0.3 is 5.97 Å². The van der Waals surface area contributed by atoms with Gasteiger partial charge in [-0.25, -0.2) is 4.79 Å². The first kappa shape index (κ1) is 15.4. The van der Waals surface area contributed by atoms with Crippen LogP contribution in [0.3, 0.4) is 0 Å². The molecule has 3 fully saturated rings. The molecule has 0 amide bonds. The summed E-state index contributed by atoms with van der Waals surface area (Å²) in [6.07, 6.45) is 7.58. The maximum atomic E-state index is 13.3. The average molecular weight is 316 g/mol. The van der Waals surface area contributed by atoms with Crippen molar-refractivity contribution in [3.8, 4) is 0 Å². The van der Waals surface area contributed by atoms with Crippen LogP contribution in [0.1, 0.15) is 66.2 Å². The molecule has 3 saturated carbocycles. The number of rotatable bonds is 0. The van der Waals surface area contributed by atoms with Gasteiger partial charge in [0.25, 0.3) is 0 Å². The molecule has 4 aliphatic rings. The number of carbonyl (C=O) groups is 2. The molecule has 1 heterocycles. The number of esters is 1. The van der Waals surface area contributed by atoms with Gasteiger partial charge in [0, 0.05) is 12.5 Å². The van der Waals surface area contributed by atoms with Crippen LogP contribution in [0.5, 0.6) is 0 Å². The van der Waals surface area contributed by atoms with Crippen molar-refractivity contribution in [1.82, 2.24) is 0 Å². The van der Waals surface area contributed by atoms with E-state index in [4.69, 9.17) is 4.74 Å². The molecule has 0 spiro atoms. The van der Waals surface area contributed by atoms with Gasteiger partial charge in [-0.3, -0.25) is 4.79 Å². The lowest BCUT2D eigenvalue weighted by atomic mass is 9.40. The molecule has 0 saturated heterocycles. The molecule has 0 aromatic rings. The van der Waals surface area contributed by atoms with Gasteiger partial charge in [0.1, 0.15) is 11.9 Å². The molecule has 5 unspecified atom stereocenters. The van der Waals surface area contributed by atoms with E-state index in [1.807, 2.05) is 0 Å². The Kier molecular flexibility index (Phi) is 3.01. The van der Waals surface area contributed by atoms with Crippen molar-refractivity contribution in [2.75, 3.05) is 0 Å². The third kappa shape index (κ3) is 1.82. The Morgan fingerprint density at radius 3 is 2.57 bits per heavy atom. The summed E-state index contributed by atoms with van der Waals surface area (Å²) in [5, 5.41) is 0. The topological polar surface area (TPSA) is 43.4 Å². The van der Waals surface area contributed by atoms with Gasteiger partial charge in [0.05, 0.1) is 5.41 Å². The van der Waals surface area contributed by atoms with Crippen molar-refractivity contribution in [3.05, 3.63) is 11.6 Å². The summed E-state index contributed by atoms with van der Waals surface area (Å²) in [7, 11) is 0. The lowest BCUT2D eigenvalue weighted by Gasteiger charge is -2.63. The molecular weight excluding hydrogens is 288 g/mol. The van der Waals surface area contributed by atoms with Gasteiger partial charge in [-0.2, -0.15) is 0 Å². The van der Waals surface area contributed by atoms with E-state index in [9.17, 15) is 9.59 Å². The molecule has 0 aromatic heterocycles. The van der Waals surface area contributed by atoms with Crippen LogP contribution in [0.25, 0.3) is 0 Å². The van der Waals surface area contributed by atoms with Crippen molar-refractivity contribution in [2.24, 2.45) is 28.1 Å². The van der Waals surface area contributed by atoms with E-state index >= 15 is 0 Å². The first-order valence-corrected chi connectivity index (χ1v) is 9.14. The quantitative estimate of drug-likeness (QED) is 0.633. The van der Waals surface area contributed by atoms with Crippen molar-refractivity contribution in [2.45, 2.75) is 72.3 Å². The molecular formula is C20H28O3. The van der Waals surface area contributed by atoms with Crippen LogP contribution < -0.4 is 0 Å². The van der Waals surface area contributed by atoms with Crippen LogP contribution >= 0.6 is 0 Å². The van der Waals surface area contributed by atoms with E-state index < -0.39 is 5.41 Å². The average Bonchev–Trinajstić information content (AvgIpc) is 2.83. The molecule has 3 aliphatic carbocycles. The lowest BCUT2D eigenvalue weighted by Crippen LogP contribution is -2.63. The number of ketones is 1. The fraction of sp³-hybridized carbons (Fsp3) is 0.800. The van der Waals surface area contributed by atoms with Crippen LogP contribution in [0.2, 0.25) is 0 Å². The minimum absolute atomic E-state index is 0.185. The maximum Gasteiger partial charge on any atom is 0.331 e. The summed E-state index contributed by atoms with van der Waals surface area (Å²) < 4.78 is 5.63. The summed E-state index contributed by atoms with van der Waals surface area (Å²) in [6.45, 7) is 9.18. The van der Waals surface area contributed by atoms with Gasteiger partial charge in [0.15, 0.2) is 0 Å². The van der Waals surface area contributed by atoms with Crippen molar-refractivity contribution >= 4 is 11.8 Å². The fourth-order valence-electron chi connectivity index (χ4n) is 6.81. The highest BCUT2D eigenvalue weighted by Crippen LogP contribution is 2.67. The van der Waals surface area contributed by atoms with E-state index in [0.717, 1.165) is 18.4 Å². The largest absolute Gasteiger partial charge is 0.454 e. The summed E-state index contributed by atoms with van der Waals surface area (Å²) in [5.74, 6) is 0.854. The molecule has 5 atom stereocenters. The number of fused-ring (bicyclic) bond motifs is 5. The number of hydrogen-bond donors (Lipinski definition) is 0. The second-order valence-corrected chi connectivity index (χ2v) is 9.44. The number of ether oxygens (including phenoxy) is 1. The predicted molar refractivity (Wildman–Crippen MR) is 87.6 cm³/mol. The van der Waals surface area contributed by atoms with Gasteiger partial charge in [0.2, 0.25) is 0 Å². The minimum atomic E-state index is -0.519. The number of hydrogen-bond acceptors (Lipinski definition) is 3. The highest BCUT2D eigenvalue weighted by Gasteiger charge is 2.66. The fourth-order valence-corrected chi connectivity index (χ4v) is 6.81. The van der Waals surface area contributed by atoms with Gasteiger partial charge < -0.3 is 4.74 Å². The van der Waals surface area contributed by atoms with Crippen LogP contribution in [0.15, 0.2) is 11.6 Å². The molecule has 3 heteroatoms. The van der Waals surface area contributed by atoms with Crippen LogP contribution in [0, 0.1) is 28.1 Å². The summed E-state index contributed by atoms with van der Waals surface area (Å²) in [5.41, 5.74) is 0.950. The smallest absolute Gasteiger partial charge is 0.331 e. The van der Waals surface area contributed by atoms with E-state index in [1.54, 1.807) is 6.08 Å². The maximum absolute atomic E-state index is 13.3. The van der Waals surface area contributed by atoms with E-state index in [1.165, 1.54) is 19.3 Å². The summed E-state index contributed by atoms with van der Waals surface area (Å²) in [6, 6.07) is 0. The Morgan fingerprint density at radius 1 is 1.09 bits per heavy atom. The SMILES string of the molecule is CC1(C)CCCC2(C)C1CC(=O)C1(C)C3OC(=O)C=C3CCC21. The monoisotopic (exact) mass is 316 g/mol. The van der Waals surface area contributed by atoms with E-state index in [2.05, 4.69) is 27.7 Å². The molecule has 0 radical (unpaired) electrons. The Bertz CT molecular complexity index is 616. The van der Waals surface area contributed by atoms with Crippen LogP contribution in [-0.2, 0) is 14.3 Å². The minimum Gasteiger partial charge on any atom is -0.454 e. The van der Waals surface area contributed by atoms with E-state index in [0.29, 0.717) is 24.0 Å². The molecule has 0 N–H and O–H groups in total. The third-order valence-corrected chi connectivity index (χ3v) is 7.93. The molecule has 0 aromatic carbocycles. The van der Waals surface area contributed by atoms with Gasteiger partial charge in [-0.15, -0.1) is 0 Å². The standard InChI is InChI=1S/C20H28O3/c1-18(2)8-5-9-19(3)13-7-6-12-10-16(22)23-17(12)20(13,4)15(21)11-14(18)19/h10,13-14,17H,5-9,11H2,1-4H3. The first-order chi connectivity index (χ1) is 10.7.